The van der Waals surface area contributed by atoms with E-state index in [9.17, 15) is 9.59 Å². The number of piperidine rings is 1. The van der Waals surface area contributed by atoms with Gasteiger partial charge in [0.15, 0.2) is 0 Å². The first-order valence-electron chi connectivity index (χ1n) is 9.48. The maximum Gasteiger partial charge on any atom is 0.410 e. The van der Waals surface area contributed by atoms with Gasteiger partial charge in [-0.25, -0.2) is 4.79 Å². The van der Waals surface area contributed by atoms with Gasteiger partial charge in [-0.05, 0) is 25.3 Å². The number of aryl methyl sites for hydroxylation is 1. The summed E-state index contributed by atoms with van der Waals surface area (Å²) in [6, 6.07) is 9.60. The molecule has 0 aliphatic carbocycles. The monoisotopic (exact) mass is 380 g/mol. The minimum absolute atomic E-state index is 0.0414. The Hall–Kier alpha value is -3.09. The van der Waals surface area contributed by atoms with Crippen molar-refractivity contribution in [2.45, 2.75) is 38.0 Å². The highest BCUT2D eigenvalue weighted by Crippen LogP contribution is 2.40. The first-order chi connectivity index (χ1) is 13.5. The van der Waals surface area contributed by atoms with Gasteiger partial charge in [-0.3, -0.25) is 14.4 Å². The van der Waals surface area contributed by atoms with Crippen LogP contribution in [0.3, 0.4) is 0 Å². The van der Waals surface area contributed by atoms with E-state index in [0.717, 1.165) is 11.3 Å². The highest BCUT2D eigenvalue weighted by molar-refractivity contribution is 6.06. The number of rotatable bonds is 3. The number of hydrogen-bond acceptors (Lipinski definition) is 4. The Morgan fingerprint density at radius 1 is 1.32 bits per heavy atom. The topological polar surface area (TPSA) is 67.7 Å². The number of amides is 2. The molecule has 3 heterocycles. The van der Waals surface area contributed by atoms with Crippen molar-refractivity contribution in [3.8, 4) is 0 Å². The Morgan fingerprint density at radius 2 is 2.11 bits per heavy atom. The normalized spacial score (nSPS) is 24.2. The van der Waals surface area contributed by atoms with Gasteiger partial charge in [0.2, 0.25) is 0 Å². The van der Waals surface area contributed by atoms with Crippen molar-refractivity contribution >= 4 is 17.7 Å². The van der Waals surface area contributed by atoms with Crippen molar-refractivity contribution in [2.24, 2.45) is 7.05 Å². The Morgan fingerprint density at radius 3 is 2.79 bits per heavy atom. The average molecular weight is 380 g/mol. The summed E-state index contributed by atoms with van der Waals surface area (Å²) in [6.07, 6.45) is 8.16. The fourth-order valence-electron chi connectivity index (χ4n) is 4.19. The molecule has 28 heavy (non-hydrogen) atoms. The molecule has 146 valence electrons. The second kappa shape index (κ2) is 7.14. The third-order valence-corrected chi connectivity index (χ3v) is 5.56. The summed E-state index contributed by atoms with van der Waals surface area (Å²) < 4.78 is 7.19. The summed E-state index contributed by atoms with van der Waals surface area (Å²) >= 11 is 0. The molecule has 2 aliphatic rings. The van der Waals surface area contributed by atoms with E-state index in [-0.39, 0.29) is 24.6 Å². The highest BCUT2D eigenvalue weighted by Gasteiger charge is 2.48. The number of likely N-dealkylation sites (tertiary alicyclic amines) is 1. The molecule has 0 radical (unpaired) electrons. The zero-order valence-electron chi connectivity index (χ0n) is 16.1. The molecule has 4 rings (SSSR count). The maximum atomic E-state index is 12.6. The van der Waals surface area contributed by atoms with E-state index in [2.05, 4.69) is 5.10 Å². The number of anilines is 1. The third kappa shape index (κ3) is 3.28. The first kappa shape index (κ1) is 18.3. The molecule has 1 aromatic carbocycles. The SMILES string of the molecule is C[C@H]1C[C@@]2(C=CC(=O)N2c2cnn(C)c2)CCN1C(=O)OCc1ccccc1. The van der Waals surface area contributed by atoms with E-state index >= 15 is 0 Å². The lowest BCUT2D eigenvalue weighted by molar-refractivity contribution is -0.114. The summed E-state index contributed by atoms with van der Waals surface area (Å²) in [6.45, 7) is 2.79. The lowest BCUT2D eigenvalue weighted by atomic mass is 9.83. The van der Waals surface area contributed by atoms with Crippen LogP contribution in [0, 0.1) is 0 Å². The maximum absolute atomic E-state index is 12.6. The van der Waals surface area contributed by atoms with Crippen molar-refractivity contribution in [1.29, 1.82) is 0 Å². The van der Waals surface area contributed by atoms with Gasteiger partial charge in [-0.15, -0.1) is 0 Å². The Kier molecular flexibility index (Phi) is 4.66. The van der Waals surface area contributed by atoms with E-state index in [1.165, 1.54) is 0 Å². The largest absolute Gasteiger partial charge is 0.445 e. The third-order valence-electron chi connectivity index (χ3n) is 5.56. The van der Waals surface area contributed by atoms with Crippen LogP contribution in [0.1, 0.15) is 25.3 Å². The molecule has 2 amide bonds. The number of hydrogen-bond donors (Lipinski definition) is 0. The Labute approximate surface area is 164 Å². The minimum Gasteiger partial charge on any atom is -0.445 e. The second-order valence-electron chi connectivity index (χ2n) is 7.52. The average Bonchev–Trinajstić information content (AvgIpc) is 3.24. The number of ether oxygens (including phenoxy) is 1. The summed E-state index contributed by atoms with van der Waals surface area (Å²) in [4.78, 5) is 28.7. The van der Waals surface area contributed by atoms with Crippen LogP contribution in [-0.2, 0) is 23.2 Å². The molecule has 7 nitrogen and oxygen atoms in total. The molecule has 0 saturated carbocycles. The number of carbonyl (C=O) groups excluding carboxylic acids is 2. The van der Waals surface area contributed by atoms with Gasteiger partial charge in [0.05, 0.1) is 17.4 Å². The van der Waals surface area contributed by atoms with Crippen LogP contribution in [-0.4, -0.2) is 44.8 Å². The molecule has 0 bridgehead atoms. The van der Waals surface area contributed by atoms with Gasteiger partial charge in [-0.2, -0.15) is 5.10 Å². The fourth-order valence-corrected chi connectivity index (χ4v) is 4.19. The highest BCUT2D eigenvalue weighted by atomic mass is 16.6. The first-order valence-corrected chi connectivity index (χ1v) is 9.48. The summed E-state index contributed by atoms with van der Waals surface area (Å²) in [5.74, 6) is -0.0414. The van der Waals surface area contributed by atoms with Crippen molar-refractivity contribution < 1.29 is 14.3 Å². The molecule has 2 aromatic rings. The molecule has 0 N–H and O–H groups in total. The Bertz CT molecular complexity index is 907. The predicted octanol–water partition coefficient (Wildman–Crippen LogP) is 2.88. The van der Waals surface area contributed by atoms with E-state index in [1.54, 1.807) is 21.9 Å². The van der Waals surface area contributed by atoms with Crippen LogP contribution in [0.25, 0.3) is 0 Å². The summed E-state index contributed by atoms with van der Waals surface area (Å²) in [5, 5.41) is 4.20. The minimum atomic E-state index is -0.421. The van der Waals surface area contributed by atoms with Gasteiger partial charge in [0.1, 0.15) is 6.61 Å². The molecular formula is C21H24N4O3. The van der Waals surface area contributed by atoms with E-state index in [0.29, 0.717) is 19.4 Å². The van der Waals surface area contributed by atoms with E-state index < -0.39 is 5.54 Å². The van der Waals surface area contributed by atoms with Gasteiger partial charge in [-0.1, -0.05) is 36.4 Å². The lowest BCUT2D eigenvalue weighted by Gasteiger charge is -2.46. The van der Waals surface area contributed by atoms with Crippen molar-refractivity contribution in [1.82, 2.24) is 14.7 Å². The number of nitrogens with zero attached hydrogens (tertiary/aromatic N) is 4. The molecule has 7 heteroatoms. The van der Waals surface area contributed by atoms with Crippen LogP contribution in [0.15, 0.2) is 54.9 Å². The number of carbonyl (C=O) groups is 2. The molecule has 2 atom stereocenters. The fraction of sp³-hybridized carbons (Fsp3) is 0.381. The zero-order chi connectivity index (χ0) is 19.7. The van der Waals surface area contributed by atoms with E-state index in [4.69, 9.17) is 4.74 Å². The molecule has 1 saturated heterocycles. The van der Waals surface area contributed by atoms with Gasteiger partial charge < -0.3 is 9.64 Å². The quantitative estimate of drug-likeness (QED) is 0.821. The van der Waals surface area contributed by atoms with Crippen LogP contribution >= 0.6 is 0 Å². The molecular weight excluding hydrogens is 356 g/mol. The summed E-state index contributed by atoms with van der Waals surface area (Å²) in [5.41, 5.74) is 1.32. The lowest BCUT2D eigenvalue weighted by Crippen LogP contribution is -2.57. The second-order valence-corrected chi connectivity index (χ2v) is 7.52. The molecule has 1 spiro atoms. The van der Waals surface area contributed by atoms with Crippen LogP contribution in [0.2, 0.25) is 0 Å². The van der Waals surface area contributed by atoms with Crippen LogP contribution in [0.4, 0.5) is 10.5 Å². The Balaban J connectivity index is 1.45. The van der Waals surface area contributed by atoms with Crippen molar-refractivity contribution in [3.63, 3.8) is 0 Å². The summed E-state index contributed by atoms with van der Waals surface area (Å²) in [7, 11) is 1.83. The molecule has 2 aliphatic heterocycles. The van der Waals surface area contributed by atoms with Crippen LogP contribution in [0.5, 0.6) is 0 Å². The van der Waals surface area contributed by atoms with Gasteiger partial charge in [0, 0.05) is 31.9 Å². The molecule has 1 fully saturated rings. The predicted molar refractivity (Wildman–Crippen MR) is 105 cm³/mol. The number of benzene rings is 1. The van der Waals surface area contributed by atoms with Crippen LogP contribution < -0.4 is 4.90 Å². The van der Waals surface area contributed by atoms with Gasteiger partial charge in [0.25, 0.3) is 5.91 Å². The van der Waals surface area contributed by atoms with E-state index in [1.807, 2.05) is 61.5 Å². The standard InChI is InChI=1S/C21H24N4O3/c1-16-12-21(9-8-19(26)25(21)18-13-22-23(2)14-18)10-11-24(16)20(27)28-15-17-6-4-3-5-7-17/h3-9,13-14,16H,10-12,15H2,1-2H3/t16-,21+/m0/s1. The van der Waals surface area contributed by atoms with Crippen molar-refractivity contribution in [3.05, 3.63) is 60.4 Å². The smallest absolute Gasteiger partial charge is 0.410 e. The van der Waals surface area contributed by atoms with Crippen molar-refractivity contribution in [2.75, 3.05) is 11.4 Å². The number of aromatic nitrogens is 2. The zero-order valence-corrected chi connectivity index (χ0v) is 16.1. The molecule has 1 aromatic heterocycles. The molecule has 0 unspecified atom stereocenters. The van der Waals surface area contributed by atoms with Gasteiger partial charge >= 0.3 is 6.09 Å².